The van der Waals surface area contributed by atoms with Crippen LogP contribution in [0.15, 0.2) is 6.07 Å². The number of carbonyl (C=O) groups excluding carboxylic acids is 1. The molecule has 1 aliphatic heterocycles. The lowest BCUT2D eigenvalue weighted by atomic mass is 9.79. The Kier molecular flexibility index (Phi) is 6.16. The highest BCUT2D eigenvalue weighted by Crippen LogP contribution is 2.40. The quantitative estimate of drug-likeness (QED) is 0.739. The second kappa shape index (κ2) is 8.26. The first-order chi connectivity index (χ1) is 13.2. The van der Waals surface area contributed by atoms with E-state index < -0.39 is 12.1 Å². The van der Waals surface area contributed by atoms with Crippen molar-refractivity contribution in [2.24, 2.45) is 11.3 Å². The van der Waals surface area contributed by atoms with Gasteiger partial charge in [-0.25, -0.2) is 4.79 Å². The van der Waals surface area contributed by atoms with Crippen LogP contribution in [0.3, 0.4) is 0 Å². The molecule has 28 heavy (non-hydrogen) atoms. The molecular weight excluding hydrogens is 374 g/mol. The van der Waals surface area contributed by atoms with E-state index in [2.05, 4.69) is 11.8 Å². The van der Waals surface area contributed by atoms with E-state index in [1.807, 2.05) is 20.8 Å². The summed E-state index contributed by atoms with van der Waals surface area (Å²) >= 11 is 1.11. The van der Waals surface area contributed by atoms with Crippen LogP contribution in [0.5, 0.6) is 0 Å². The number of aliphatic hydroxyl groups is 1. The second-order valence-electron chi connectivity index (χ2n) is 8.90. The molecule has 2 fully saturated rings. The van der Waals surface area contributed by atoms with Crippen LogP contribution in [0.1, 0.15) is 80.3 Å². The molecule has 2 N–H and O–H groups in total. The van der Waals surface area contributed by atoms with Crippen molar-refractivity contribution < 1.29 is 19.8 Å². The lowest BCUT2D eigenvalue weighted by Crippen LogP contribution is -2.54. The van der Waals surface area contributed by atoms with E-state index in [1.165, 1.54) is 6.42 Å². The molecule has 2 atom stereocenters. The number of nitrogens with zero attached hydrogens (tertiary/aromatic N) is 1. The van der Waals surface area contributed by atoms with E-state index >= 15 is 0 Å². The third-order valence-electron chi connectivity index (χ3n) is 5.51. The molecule has 152 valence electrons. The van der Waals surface area contributed by atoms with Gasteiger partial charge >= 0.3 is 5.97 Å². The van der Waals surface area contributed by atoms with Gasteiger partial charge in [0.05, 0.1) is 10.6 Å². The molecule has 5 nitrogen and oxygen atoms in total. The van der Waals surface area contributed by atoms with Crippen molar-refractivity contribution in [3.63, 3.8) is 0 Å². The number of thiophene rings is 1. The Morgan fingerprint density at radius 3 is 2.46 bits per heavy atom. The van der Waals surface area contributed by atoms with Crippen LogP contribution >= 0.6 is 11.3 Å². The predicted octanol–water partition coefficient (Wildman–Crippen LogP) is 4.28. The first kappa shape index (κ1) is 20.9. The standard InChI is InChI=1S/C22H29NO4S/c1-22(2,3)12-11-15-13-17(19(28-15)21(26)27)23-16(9-10-18(24)20(23)25)14-7-5-4-6-8-14/h13-14,16,18,24H,4-10H2,1-3H3,(H,26,27)/t16-,18+/m0/s1. The van der Waals surface area contributed by atoms with E-state index in [0.29, 0.717) is 29.3 Å². The SMILES string of the molecule is CC(C)(C)C#Cc1cc(N2C(=O)[C@H](O)CC[C@H]2C2CCCCC2)c(C(=O)O)s1. The molecular formula is C22H29NO4S. The molecule has 1 aromatic rings. The van der Waals surface area contributed by atoms with Gasteiger partial charge in [0.15, 0.2) is 0 Å². The first-order valence-corrected chi connectivity index (χ1v) is 10.9. The molecule has 1 amide bonds. The number of aromatic carboxylic acids is 1. The van der Waals surface area contributed by atoms with Crippen molar-refractivity contribution in [1.82, 2.24) is 0 Å². The Labute approximate surface area is 170 Å². The van der Waals surface area contributed by atoms with Gasteiger partial charge < -0.3 is 15.1 Å². The number of carbonyl (C=O) groups is 2. The summed E-state index contributed by atoms with van der Waals surface area (Å²) in [6.45, 7) is 5.99. The average Bonchev–Trinajstić information content (AvgIpc) is 3.06. The molecule has 3 rings (SSSR count). The Bertz CT molecular complexity index is 805. The van der Waals surface area contributed by atoms with Gasteiger partial charge in [-0.3, -0.25) is 4.79 Å². The third kappa shape index (κ3) is 4.59. The van der Waals surface area contributed by atoms with Gasteiger partial charge in [0.2, 0.25) is 0 Å². The first-order valence-electron chi connectivity index (χ1n) is 10.1. The molecule has 0 unspecified atom stereocenters. The topological polar surface area (TPSA) is 77.8 Å². The van der Waals surface area contributed by atoms with E-state index in [4.69, 9.17) is 0 Å². The fourth-order valence-electron chi connectivity index (χ4n) is 4.19. The molecule has 1 saturated carbocycles. The molecule has 0 spiro atoms. The summed E-state index contributed by atoms with van der Waals surface area (Å²) in [6.07, 6.45) is 5.68. The third-order valence-corrected chi connectivity index (χ3v) is 6.54. The number of hydrogen-bond acceptors (Lipinski definition) is 4. The monoisotopic (exact) mass is 403 g/mol. The van der Waals surface area contributed by atoms with Crippen molar-refractivity contribution >= 4 is 28.9 Å². The lowest BCUT2D eigenvalue weighted by molar-refractivity contribution is -0.129. The van der Waals surface area contributed by atoms with Gasteiger partial charge in [-0.15, -0.1) is 11.3 Å². The summed E-state index contributed by atoms with van der Waals surface area (Å²) in [5, 5.41) is 20.0. The normalized spacial score (nSPS) is 24.0. The fraction of sp³-hybridized carbons (Fsp3) is 0.636. The largest absolute Gasteiger partial charge is 0.477 e. The van der Waals surface area contributed by atoms with E-state index in [0.717, 1.165) is 37.0 Å². The van der Waals surface area contributed by atoms with Crippen LogP contribution < -0.4 is 4.90 Å². The number of carboxylic acid groups (broad SMARTS) is 1. The van der Waals surface area contributed by atoms with Gasteiger partial charge in [0.25, 0.3) is 5.91 Å². The molecule has 0 aromatic carbocycles. The summed E-state index contributed by atoms with van der Waals surface area (Å²) in [5.41, 5.74) is 0.199. The maximum absolute atomic E-state index is 12.9. The Hall–Kier alpha value is -1.84. The predicted molar refractivity (Wildman–Crippen MR) is 111 cm³/mol. The van der Waals surface area contributed by atoms with Crippen LogP contribution in [-0.2, 0) is 4.79 Å². The molecule has 1 aliphatic carbocycles. The minimum Gasteiger partial charge on any atom is -0.477 e. The van der Waals surface area contributed by atoms with Crippen LogP contribution in [0, 0.1) is 23.2 Å². The second-order valence-corrected chi connectivity index (χ2v) is 9.95. The van der Waals surface area contributed by atoms with Crippen molar-refractivity contribution in [3.05, 3.63) is 15.8 Å². The zero-order valence-electron chi connectivity index (χ0n) is 16.8. The van der Waals surface area contributed by atoms with Crippen molar-refractivity contribution in [3.8, 4) is 11.8 Å². The fourth-order valence-corrected chi connectivity index (χ4v) is 5.03. The van der Waals surface area contributed by atoms with Crippen LogP contribution in [0.2, 0.25) is 0 Å². The minimum absolute atomic E-state index is 0.0488. The summed E-state index contributed by atoms with van der Waals surface area (Å²) in [6, 6.07) is 1.67. The summed E-state index contributed by atoms with van der Waals surface area (Å²) < 4.78 is 0. The van der Waals surface area contributed by atoms with Crippen LogP contribution in [0.25, 0.3) is 0 Å². The van der Waals surface area contributed by atoms with Crippen LogP contribution in [-0.4, -0.2) is 34.2 Å². The highest BCUT2D eigenvalue weighted by atomic mass is 32.1. The minimum atomic E-state index is -1.06. The molecule has 0 radical (unpaired) electrons. The Balaban J connectivity index is 2.02. The molecule has 1 aromatic heterocycles. The maximum Gasteiger partial charge on any atom is 0.348 e. The van der Waals surface area contributed by atoms with Crippen molar-refractivity contribution in [1.29, 1.82) is 0 Å². The van der Waals surface area contributed by atoms with Gasteiger partial charge in [-0.2, -0.15) is 0 Å². The molecule has 2 aliphatic rings. The smallest absolute Gasteiger partial charge is 0.348 e. The van der Waals surface area contributed by atoms with Crippen molar-refractivity contribution in [2.75, 3.05) is 4.90 Å². The van der Waals surface area contributed by atoms with Gasteiger partial charge in [-0.05, 0) is 58.4 Å². The van der Waals surface area contributed by atoms with Crippen LogP contribution in [0.4, 0.5) is 5.69 Å². The summed E-state index contributed by atoms with van der Waals surface area (Å²) in [7, 11) is 0. The number of anilines is 1. The van der Waals surface area contributed by atoms with Gasteiger partial charge in [0, 0.05) is 11.5 Å². The average molecular weight is 404 g/mol. The number of aliphatic hydroxyl groups excluding tert-OH is 1. The summed E-state index contributed by atoms with van der Waals surface area (Å²) in [5.74, 6) is 5.12. The van der Waals surface area contributed by atoms with Gasteiger partial charge in [0.1, 0.15) is 11.0 Å². The molecule has 6 heteroatoms. The Morgan fingerprint density at radius 2 is 1.86 bits per heavy atom. The zero-order chi connectivity index (χ0) is 20.5. The number of amides is 1. The summed E-state index contributed by atoms with van der Waals surface area (Å²) in [4.78, 5) is 27.2. The maximum atomic E-state index is 12.9. The Morgan fingerprint density at radius 1 is 1.18 bits per heavy atom. The zero-order valence-corrected chi connectivity index (χ0v) is 17.6. The molecule has 2 heterocycles. The van der Waals surface area contributed by atoms with Gasteiger partial charge in [-0.1, -0.05) is 31.1 Å². The van der Waals surface area contributed by atoms with E-state index in [1.54, 1.807) is 11.0 Å². The van der Waals surface area contributed by atoms with Crippen molar-refractivity contribution in [2.45, 2.75) is 77.9 Å². The number of hydrogen-bond donors (Lipinski definition) is 2. The number of piperidine rings is 1. The lowest BCUT2D eigenvalue weighted by Gasteiger charge is -2.43. The highest BCUT2D eigenvalue weighted by molar-refractivity contribution is 7.15. The van der Waals surface area contributed by atoms with E-state index in [-0.39, 0.29) is 22.2 Å². The highest BCUT2D eigenvalue weighted by Gasteiger charge is 2.41. The molecule has 0 bridgehead atoms. The number of rotatable bonds is 3. The number of carboxylic acids is 1. The molecule has 1 saturated heterocycles. The van der Waals surface area contributed by atoms with E-state index in [9.17, 15) is 19.8 Å².